The SMILES string of the molecule is COC(=O)C(C)(C)CCN1CCCC1CN.Cl. The van der Waals surface area contributed by atoms with Gasteiger partial charge >= 0.3 is 5.97 Å². The zero-order valence-electron chi connectivity index (χ0n) is 11.1. The molecule has 1 saturated heterocycles. The zero-order valence-corrected chi connectivity index (χ0v) is 11.9. The van der Waals surface area contributed by atoms with Crippen LogP contribution in [-0.2, 0) is 9.53 Å². The summed E-state index contributed by atoms with van der Waals surface area (Å²) >= 11 is 0. The molecule has 4 nitrogen and oxygen atoms in total. The van der Waals surface area contributed by atoms with Gasteiger partial charge in [-0.05, 0) is 46.2 Å². The fourth-order valence-corrected chi connectivity index (χ4v) is 2.26. The van der Waals surface area contributed by atoms with Crippen LogP contribution in [0, 0.1) is 5.41 Å². The van der Waals surface area contributed by atoms with Crippen LogP contribution < -0.4 is 5.73 Å². The van der Waals surface area contributed by atoms with Gasteiger partial charge in [-0.15, -0.1) is 12.4 Å². The Balaban J connectivity index is 0.00000256. The van der Waals surface area contributed by atoms with Crippen LogP contribution in [0.5, 0.6) is 0 Å². The number of ether oxygens (including phenoxy) is 1. The normalized spacial score (nSPS) is 21.1. The molecule has 0 amide bonds. The molecule has 0 spiro atoms. The van der Waals surface area contributed by atoms with Gasteiger partial charge in [0.1, 0.15) is 0 Å². The third kappa shape index (κ3) is 4.45. The lowest BCUT2D eigenvalue weighted by atomic mass is 9.89. The van der Waals surface area contributed by atoms with Crippen LogP contribution in [0.25, 0.3) is 0 Å². The molecule has 5 heteroatoms. The van der Waals surface area contributed by atoms with Crippen LogP contribution in [0.1, 0.15) is 33.1 Å². The predicted octanol–water partition coefficient (Wildman–Crippen LogP) is 1.42. The number of esters is 1. The maximum atomic E-state index is 11.5. The number of halogens is 1. The predicted molar refractivity (Wildman–Crippen MR) is 71.3 cm³/mol. The summed E-state index contributed by atoms with van der Waals surface area (Å²) in [6.45, 7) is 6.64. The van der Waals surface area contributed by atoms with Gasteiger partial charge in [-0.2, -0.15) is 0 Å². The Morgan fingerprint density at radius 1 is 1.53 bits per heavy atom. The van der Waals surface area contributed by atoms with Crippen molar-refractivity contribution in [2.24, 2.45) is 11.1 Å². The number of nitrogens with zero attached hydrogens (tertiary/aromatic N) is 1. The average molecular weight is 265 g/mol. The fraction of sp³-hybridized carbons (Fsp3) is 0.917. The van der Waals surface area contributed by atoms with E-state index in [1.807, 2.05) is 13.8 Å². The number of nitrogens with two attached hydrogens (primary N) is 1. The standard InChI is InChI=1S/C12H24N2O2.ClH/c1-12(2,11(15)16-3)6-8-14-7-4-5-10(14)9-13;/h10H,4-9,13H2,1-3H3;1H. The molecule has 0 radical (unpaired) electrons. The quantitative estimate of drug-likeness (QED) is 0.763. The monoisotopic (exact) mass is 264 g/mol. The molecule has 1 aliphatic heterocycles. The van der Waals surface area contributed by atoms with E-state index in [0.717, 1.165) is 26.1 Å². The molecule has 1 fully saturated rings. The van der Waals surface area contributed by atoms with E-state index < -0.39 is 5.41 Å². The molecule has 102 valence electrons. The van der Waals surface area contributed by atoms with Crippen LogP contribution >= 0.6 is 12.4 Å². The van der Waals surface area contributed by atoms with Crippen molar-refractivity contribution >= 4 is 18.4 Å². The van der Waals surface area contributed by atoms with Crippen LogP contribution in [0.15, 0.2) is 0 Å². The van der Waals surface area contributed by atoms with Crippen molar-refractivity contribution < 1.29 is 9.53 Å². The molecule has 1 heterocycles. The van der Waals surface area contributed by atoms with E-state index in [0.29, 0.717) is 6.04 Å². The number of hydrogen-bond donors (Lipinski definition) is 1. The first-order valence-corrected chi connectivity index (χ1v) is 6.04. The molecule has 1 atom stereocenters. The molecular formula is C12H25ClN2O2. The molecule has 1 rings (SSSR count). The molecule has 0 aromatic carbocycles. The van der Waals surface area contributed by atoms with Gasteiger partial charge in [0, 0.05) is 12.6 Å². The van der Waals surface area contributed by atoms with Crippen molar-refractivity contribution in [2.45, 2.75) is 39.2 Å². The molecule has 17 heavy (non-hydrogen) atoms. The van der Waals surface area contributed by atoms with Crippen molar-refractivity contribution in [1.29, 1.82) is 0 Å². The van der Waals surface area contributed by atoms with Gasteiger partial charge in [0.05, 0.1) is 12.5 Å². The minimum Gasteiger partial charge on any atom is -0.469 e. The van der Waals surface area contributed by atoms with Gasteiger partial charge in [0.15, 0.2) is 0 Å². The number of carbonyl (C=O) groups excluding carboxylic acids is 1. The molecule has 1 aliphatic rings. The van der Waals surface area contributed by atoms with E-state index in [9.17, 15) is 4.79 Å². The Bertz CT molecular complexity index is 247. The summed E-state index contributed by atoms with van der Waals surface area (Å²) in [4.78, 5) is 13.9. The van der Waals surface area contributed by atoms with Gasteiger partial charge in [-0.3, -0.25) is 9.69 Å². The van der Waals surface area contributed by atoms with E-state index in [1.54, 1.807) is 0 Å². The molecule has 2 N–H and O–H groups in total. The summed E-state index contributed by atoms with van der Waals surface area (Å²) < 4.78 is 4.80. The van der Waals surface area contributed by atoms with Crippen molar-refractivity contribution in [2.75, 3.05) is 26.7 Å². The second-order valence-electron chi connectivity index (χ2n) is 5.19. The first-order chi connectivity index (χ1) is 7.51. The molecule has 0 saturated carbocycles. The summed E-state index contributed by atoms with van der Waals surface area (Å²) in [6, 6.07) is 0.508. The van der Waals surface area contributed by atoms with Gasteiger partial charge in [0.2, 0.25) is 0 Å². The lowest BCUT2D eigenvalue weighted by Gasteiger charge is -2.28. The molecular weight excluding hydrogens is 240 g/mol. The Hall–Kier alpha value is -0.320. The Labute approximate surface area is 110 Å². The van der Waals surface area contributed by atoms with Crippen molar-refractivity contribution in [3.63, 3.8) is 0 Å². The highest BCUT2D eigenvalue weighted by Crippen LogP contribution is 2.25. The number of likely N-dealkylation sites (tertiary alicyclic amines) is 1. The summed E-state index contributed by atoms with van der Waals surface area (Å²) in [5, 5.41) is 0. The minimum atomic E-state index is -0.392. The Kier molecular flexibility index (Phi) is 7.05. The first-order valence-electron chi connectivity index (χ1n) is 6.04. The molecule has 0 bridgehead atoms. The van der Waals surface area contributed by atoms with Crippen molar-refractivity contribution in [3.8, 4) is 0 Å². The smallest absolute Gasteiger partial charge is 0.311 e. The van der Waals surface area contributed by atoms with E-state index in [-0.39, 0.29) is 18.4 Å². The van der Waals surface area contributed by atoms with Crippen LogP contribution in [0.4, 0.5) is 0 Å². The highest BCUT2D eigenvalue weighted by atomic mass is 35.5. The molecule has 0 aromatic rings. The summed E-state index contributed by atoms with van der Waals surface area (Å²) in [5.41, 5.74) is 5.32. The van der Waals surface area contributed by atoms with E-state index in [4.69, 9.17) is 10.5 Å². The average Bonchev–Trinajstić information content (AvgIpc) is 2.72. The van der Waals surface area contributed by atoms with Crippen LogP contribution in [0.2, 0.25) is 0 Å². The number of methoxy groups -OCH3 is 1. The summed E-state index contributed by atoms with van der Waals surface area (Å²) in [5.74, 6) is -0.129. The van der Waals surface area contributed by atoms with Crippen molar-refractivity contribution in [1.82, 2.24) is 4.90 Å². The summed E-state index contributed by atoms with van der Waals surface area (Å²) in [6.07, 6.45) is 3.24. The van der Waals surface area contributed by atoms with E-state index in [1.165, 1.54) is 20.0 Å². The maximum Gasteiger partial charge on any atom is 0.311 e. The minimum absolute atomic E-state index is 0. The third-order valence-electron chi connectivity index (χ3n) is 3.53. The number of hydrogen-bond acceptors (Lipinski definition) is 4. The third-order valence-corrected chi connectivity index (χ3v) is 3.53. The van der Waals surface area contributed by atoms with Gasteiger partial charge in [0.25, 0.3) is 0 Å². The van der Waals surface area contributed by atoms with E-state index >= 15 is 0 Å². The second kappa shape index (κ2) is 7.19. The largest absolute Gasteiger partial charge is 0.469 e. The lowest BCUT2D eigenvalue weighted by Crippen LogP contribution is -2.39. The first kappa shape index (κ1) is 16.7. The molecule has 0 aliphatic carbocycles. The number of rotatable bonds is 5. The second-order valence-corrected chi connectivity index (χ2v) is 5.19. The molecule has 0 aromatic heterocycles. The zero-order chi connectivity index (χ0) is 12.2. The van der Waals surface area contributed by atoms with E-state index in [2.05, 4.69) is 4.90 Å². The van der Waals surface area contributed by atoms with Gasteiger partial charge < -0.3 is 10.5 Å². The highest BCUT2D eigenvalue weighted by molar-refractivity contribution is 5.85. The maximum absolute atomic E-state index is 11.5. The number of carbonyl (C=O) groups is 1. The van der Waals surface area contributed by atoms with Crippen LogP contribution in [0.3, 0.4) is 0 Å². The highest BCUT2D eigenvalue weighted by Gasteiger charge is 2.31. The Morgan fingerprint density at radius 2 is 2.18 bits per heavy atom. The van der Waals surface area contributed by atoms with Gasteiger partial charge in [-0.25, -0.2) is 0 Å². The van der Waals surface area contributed by atoms with Crippen molar-refractivity contribution in [3.05, 3.63) is 0 Å². The fourth-order valence-electron chi connectivity index (χ4n) is 2.26. The summed E-state index contributed by atoms with van der Waals surface area (Å²) in [7, 11) is 1.45. The van der Waals surface area contributed by atoms with Gasteiger partial charge in [-0.1, -0.05) is 0 Å². The molecule has 1 unspecified atom stereocenters. The van der Waals surface area contributed by atoms with Crippen LogP contribution in [-0.4, -0.2) is 43.7 Å². The Morgan fingerprint density at radius 3 is 2.71 bits per heavy atom. The topological polar surface area (TPSA) is 55.6 Å². The lowest BCUT2D eigenvalue weighted by molar-refractivity contribution is -0.151.